The van der Waals surface area contributed by atoms with E-state index >= 15 is 0 Å². The summed E-state index contributed by atoms with van der Waals surface area (Å²) in [7, 11) is -2.81. The fourth-order valence-electron chi connectivity index (χ4n) is 3.98. The SMILES string of the molecule is CC(C)(C)C[Si](C)(ON1CCCC1Cc1ccc(CO)cc1)C(=O)OC(C)(C)C. The minimum Gasteiger partial charge on any atom is -0.462 e. The molecule has 0 spiro atoms. The second kappa shape index (κ2) is 9.29. The Labute approximate surface area is 177 Å². The van der Waals surface area contributed by atoms with Crippen molar-refractivity contribution in [1.82, 2.24) is 5.06 Å². The van der Waals surface area contributed by atoms with Crippen molar-refractivity contribution >= 4 is 13.9 Å². The van der Waals surface area contributed by atoms with Gasteiger partial charge in [-0.1, -0.05) is 45.0 Å². The second-order valence-corrected chi connectivity index (χ2v) is 14.1. The van der Waals surface area contributed by atoms with Gasteiger partial charge in [-0.2, -0.15) is 5.06 Å². The molecule has 0 radical (unpaired) electrons. The smallest absolute Gasteiger partial charge is 0.340 e. The van der Waals surface area contributed by atoms with Crippen LogP contribution in [0, 0.1) is 5.41 Å². The first-order chi connectivity index (χ1) is 13.3. The van der Waals surface area contributed by atoms with Crippen molar-refractivity contribution in [3.05, 3.63) is 35.4 Å². The van der Waals surface area contributed by atoms with Crippen LogP contribution in [0.1, 0.15) is 65.5 Å². The highest BCUT2D eigenvalue weighted by Gasteiger charge is 2.48. The number of carbonyl (C=O) groups is 1. The van der Waals surface area contributed by atoms with E-state index in [1.54, 1.807) is 0 Å². The van der Waals surface area contributed by atoms with Gasteiger partial charge in [0.25, 0.3) is 0 Å². The molecule has 2 unspecified atom stereocenters. The first kappa shape index (κ1) is 24.1. The van der Waals surface area contributed by atoms with Gasteiger partial charge < -0.3 is 14.4 Å². The first-order valence-corrected chi connectivity index (χ1v) is 13.3. The van der Waals surface area contributed by atoms with Crippen LogP contribution in [0.3, 0.4) is 0 Å². The zero-order valence-corrected chi connectivity index (χ0v) is 20.2. The number of benzene rings is 1. The van der Waals surface area contributed by atoms with E-state index in [0.29, 0.717) is 6.04 Å². The molecule has 29 heavy (non-hydrogen) atoms. The van der Waals surface area contributed by atoms with Gasteiger partial charge in [-0.3, -0.25) is 4.79 Å². The molecule has 1 aromatic carbocycles. The normalized spacial score (nSPS) is 20.5. The zero-order valence-electron chi connectivity index (χ0n) is 19.2. The fraction of sp³-hybridized carbons (Fsp3) is 0.696. The number of carbonyl (C=O) groups excluding carboxylic acids is 1. The highest BCUT2D eigenvalue weighted by Crippen LogP contribution is 2.34. The molecule has 1 fully saturated rings. The summed E-state index contributed by atoms with van der Waals surface area (Å²) < 4.78 is 12.4. The largest absolute Gasteiger partial charge is 0.462 e. The number of aliphatic hydroxyl groups is 1. The van der Waals surface area contributed by atoms with E-state index in [1.165, 1.54) is 5.56 Å². The summed E-state index contributed by atoms with van der Waals surface area (Å²) in [6.45, 7) is 15.1. The van der Waals surface area contributed by atoms with Gasteiger partial charge in [0.15, 0.2) is 0 Å². The minimum atomic E-state index is -2.81. The number of aliphatic hydroxyl groups excluding tert-OH is 1. The summed E-state index contributed by atoms with van der Waals surface area (Å²) in [6, 6.07) is 9.04. The average molecular weight is 422 g/mol. The molecule has 0 saturated carbocycles. The number of hydroxylamine groups is 2. The Bertz CT molecular complexity index is 678. The molecular weight excluding hydrogens is 382 g/mol. The van der Waals surface area contributed by atoms with E-state index in [0.717, 1.165) is 31.4 Å². The fourth-order valence-corrected chi connectivity index (χ4v) is 7.57. The van der Waals surface area contributed by atoms with Crippen molar-refractivity contribution < 1.29 is 19.2 Å². The molecule has 1 saturated heterocycles. The Morgan fingerprint density at radius 1 is 1.14 bits per heavy atom. The van der Waals surface area contributed by atoms with E-state index in [4.69, 9.17) is 9.26 Å². The van der Waals surface area contributed by atoms with Gasteiger partial charge in [0.1, 0.15) is 5.60 Å². The predicted octanol–water partition coefficient (Wildman–Crippen LogP) is 5.26. The molecule has 0 amide bonds. The van der Waals surface area contributed by atoms with E-state index in [2.05, 4.69) is 38.0 Å². The molecule has 6 heteroatoms. The van der Waals surface area contributed by atoms with E-state index < -0.39 is 13.9 Å². The molecule has 1 aromatic rings. The summed E-state index contributed by atoms with van der Waals surface area (Å²) in [4.78, 5) is 13.1. The van der Waals surface area contributed by atoms with Gasteiger partial charge in [0, 0.05) is 12.6 Å². The Hall–Kier alpha value is -1.21. The molecule has 1 aliphatic rings. The maximum atomic E-state index is 13.1. The van der Waals surface area contributed by atoms with Crippen molar-refractivity contribution in [2.45, 2.75) is 91.6 Å². The molecule has 164 valence electrons. The second-order valence-electron chi connectivity index (χ2n) is 10.7. The third kappa shape index (κ3) is 7.52. The first-order valence-electron chi connectivity index (χ1n) is 10.7. The van der Waals surface area contributed by atoms with Gasteiger partial charge in [-0.25, -0.2) is 0 Å². The summed E-state index contributed by atoms with van der Waals surface area (Å²) in [5, 5.41) is 11.3. The zero-order chi connectivity index (χ0) is 21.9. The average Bonchev–Trinajstić information content (AvgIpc) is 2.99. The minimum absolute atomic E-state index is 0.0206. The lowest BCUT2D eigenvalue weighted by Gasteiger charge is -2.37. The summed E-state index contributed by atoms with van der Waals surface area (Å²) in [6.07, 6.45) is 2.99. The molecule has 2 atom stereocenters. The molecule has 0 bridgehead atoms. The Kier molecular flexibility index (Phi) is 7.71. The number of hydrogen-bond donors (Lipinski definition) is 1. The molecular formula is C23H39NO4Si. The topological polar surface area (TPSA) is 59.0 Å². The lowest BCUT2D eigenvalue weighted by molar-refractivity contribution is -0.0835. The molecule has 1 N–H and O–H groups in total. The summed E-state index contributed by atoms with van der Waals surface area (Å²) >= 11 is 0. The molecule has 2 rings (SSSR count). The van der Waals surface area contributed by atoms with Crippen molar-refractivity contribution in [3.63, 3.8) is 0 Å². The predicted molar refractivity (Wildman–Crippen MR) is 119 cm³/mol. The maximum Gasteiger partial charge on any atom is 0.340 e. The van der Waals surface area contributed by atoms with Crippen LogP contribution < -0.4 is 0 Å². The number of hydrogen-bond acceptors (Lipinski definition) is 5. The van der Waals surface area contributed by atoms with Crippen LogP contribution in [-0.2, 0) is 22.3 Å². The summed E-state index contributed by atoms with van der Waals surface area (Å²) in [5.74, 6) is 0. The van der Waals surface area contributed by atoms with E-state index in [9.17, 15) is 9.90 Å². The van der Waals surface area contributed by atoms with Crippen molar-refractivity contribution in [2.75, 3.05) is 6.54 Å². The van der Waals surface area contributed by atoms with E-state index in [1.807, 2.05) is 39.5 Å². The molecule has 0 aliphatic carbocycles. The molecule has 5 nitrogen and oxygen atoms in total. The highest BCUT2D eigenvalue weighted by atomic mass is 28.4. The van der Waals surface area contributed by atoms with Crippen molar-refractivity contribution in [3.8, 4) is 0 Å². The third-order valence-corrected chi connectivity index (χ3v) is 8.36. The van der Waals surface area contributed by atoms with Crippen molar-refractivity contribution in [1.29, 1.82) is 0 Å². The van der Waals surface area contributed by atoms with Crippen LogP contribution in [-0.4, -0.2) is 42.3 Å². The quantitative estimate of drug-likeness (QED) is 0.609. The Balaban J connectivity index is 2.15. The van der Waals surface area contributed by atoms with Gasteiger partial charge in [0.2, 0.25) is 0 Å². The van der Waals surface area contributed by atoms with Gasteiger partial charge >= 0.3 is 13.9 Å². The number of rotatable bonds is 7. The van der Waals surface area contributed by atoms with Crippen LogP contribution in [0.25, 0.3) is 0 Å². The maximum absolute atomic E-state index is 13.1. The van der Waals surface area contributed by atoms with E-state index in [-0.39, 0.29) is 23.7 Å². The van der Waals surface area contributed by atoms with Gasteiger partial charge in [-0.05, 0) is 69.2 Å². The summed E-state index contributed by atoms with van der Waals surface area (Å²) in [5.41, 5.74) is 1.43. The van der Waals surface area contributed by atoms with Crippen LogP contribution in [0.2, 0.25) is 12.6 Å². The monoisotopic (exact) mass is 421 g/mol. The molecule has 0 aromatic heterocycles. The van der Waals surface area contributed by atoms with Crippen LogP contribution >= 0.6 is 0 Å². The third-order valence-electron chi connectivity index (χ3n) is 5.02. The standard InChI is InChI=1S/C23H39NO4Si/c1-22(2,3)17-29(7,21(26)27-23(4,5)6)28-24-14-8-9-20(24)15-18-10-12-19(16-25)13-11-18/h10-13,20,25H,8-9,14-17H2,1-7H3. The van der Waals surface area contributed by atoms with Crippen LogP contribution in [0.5, 0.6) is 0 Å². The number of nitrogens with zero attached hydrogens (tertiary/aromatic N) is 1. The van der Waals surface area contributed by atoms with Gasteiger partial charge in [0.05, 0.1) is 6.61 Å². The van der Waals surface area contributed by atoms with Crippen LogP contribution in [0.4, 0.5) is 4.79 Å². The molecule has 1 heterocycles. The Morgan fingerprint density at radius 3 is 2.24 bits per heavy atom. The lowest BCUT2D eigenvalue weighted by Crippen LogP contribution is -2.54. The lowest BCUT2D eigenvalue weighted by atomic mass is 10.0. The molecule has 1 aliphatic heterocycles. The highest BCUT2D eigenvalue weighted by molar-refractivity contribution is 6.99. The van der Waals surface area contributed by atoms with Crippen LogP contribution in [0.15, 0.2) is 24.3 Å². The van der Waals surface area contributed by atoms with Crippen molar-refractivity contribution in [2.24, 2.45) is 5.41 Å². The Morgan fingerprint density at radius 2 is 1.72 bits per heavy atom. The number of ether oxygens (including phenoxy) is 1. The van der Waals surface area contributed by atoms with Gasteiger partial charge in [-0.15, -0.1) is 0 Å².